The van der Waals surface area contributed by atoms with Crippen LogP contribution in [0, 0.1) is 0 Å². The number of hydrogen-bond donors (Lipinski definition) is 2. The molecule has 3 amide bonds. The zero-order valence-electron chi connectivity index (χ0n) is 11.6. The van der Waals surface area contributed by atoms with Crippen molar-refractivity contribution in [1.29, 1.82) is 0 Å². The predicted molar refractivity (Wildman–Crippen MR) is 84.3 cm³/mol. The summed E-state index contributed by atoms with van der Waals surface area (Å²) in [5.74, 6) is 0.0784. The molecule has 0 saturated carbocycles. The van der Waals surface area contributed by atoms with Crippen LogP contribution >= 0.6 is 15.9 Å². The number of fused-ring (bicyclic) bond motifs is 1. The quantitative estimate of drug-likeness (QED) is 0.894. The Kier molecular flexibility index (Phi) is 4.80. The Morgan fingerprint density at radius 3 is 2.52 bits per heavy atom. The third-order valence-electron chi connectivity index (χ3n) is 2.92. The van der Waals surface area contributed by atoms with Crippen LogP contribution in [0.5, 0.6) is 5.75 Å². The van der Waals surface area contributed by atoms with Crippen molar-refractivity contribution in [2.75, 3.05) is 7.05 Å². The van der Waals surface area contributed by atoms with E-state index in [0.29, 0.717) is 5.75 Å². The van der Waals surface area contributed by atoms with Crippen LogP contribution in [0.3, 0.4) is 0 Å². The number of benzene rings is 2. The minimum absolute atomic E-state index is 0.495. The van der Waals surface area contributed by atoms with Crippen LogP contribution in [0.4, 0.5) is 4.79 Å². The van der Waals surface area contributed by atoms with E-state index in [9.17, 15) is 9.59 Å². The first-order valence-corrected chi connectivity index (χ1v) is 7.17. The fraction of sp³-hybridized carbons (Fsp3) is 0.200. The lowest BCUT2D eigenvalue weighted by Crippen LogP contribution is -2.43. The van der Waals surface area contributed by atoms with Gasteiger partial charge in [0.05, 0.1) is 0 Å². The van der Waals surface area contributed by atoms with Gasteiger partial charge in [-0.25, -0.2) is 4.79 Å². The lowest BCUT2D eigenvalue weighted by molar-refractivity contribution is -0.126. The molecule has 6 heteroatoms. The van der Waals surface area contributed by atoms with Crippen LogP contribution < -0.4 is 15.4 Å². The summed E-state index contributed by atoms with van der Waals surface area (Å²) in [7, 11) is 1.44. The molecule has 1 atom stereocenters. The van der Waals surface area contributed by atoms with Gasteiger partial charge in [-0.1, -0.05) is 28.1 Å². The normalized spacial score (nSPS) is 11.8. The fourth-order valence-electron chi connectivity index (χ4n) is 1.80. The van der Waals surface area contributed by atoms with Crippen LogP contribution in [0.1, 0.15) is 6.92 Å². The number of carbonyl (C=O) groups is 2. The highest BCUT2D eigenvalue weighted by Crippen LogP contribution is 2.24. The van der Waals surface area contributed by atoms with E-state index in [2.05, 4.69) is 26.6 Å². The van der Waals surface area contributed by atoms with Gasteiger partial charge in [0.15, 0.2) is 6.10 Å². The molecule has 0 fully saturated rings. The van der Waals surface area contributed by atoms with Crippen molar-refractivity contribution in [3.63, 3.8) is 0 Å². The van der Waals surface area contributed by atoms with Crippen LogP contribution in [-0.2, 0) is 4.79 Å². The minimum Gasteiger partial charge on any atom is -0.481 e. The van der Waals surface area contributed by atoms with Crippen LogP contribution in [0.2, 0.25) is 0 Å². The molecule has 0 spiro atoms. The molecule has 0 aromatic heterocycles. The smallest absolute Gasteiger partial charge is 0.321 e. The third kappa shape index (κ3) is 3.95. The van der Waals surface area contributed by atoms with Gasteiger partial charge in [-0.2, -0.15) is 0 Å². The molecule has 21 heavy (non-hydrogen) atoms. The van der Waals surface area contributed by atoms with E-state index in [0.717, 1.165) is 15.2 Å². The van der Waals surface area contributed by atoms with Crippen molar-refractivity contribution in [2.45, 2.75) is 13.0 Å². The second-order valence-corrected chi connectivity index (χ2v) is 5.40. The number of amides is 3. The summed E-state index contributed by atoms with van der Waals surface area (Å²) in [6, 6.07) is 10.9. The van der Waals surface area contributed by atoms with E-state index < -0.39 is 18.0 Å². The molecular formula is C15H15BrN2O3. The summed E-state index contributed by atoms with van der Waals surface area (Å²) < 4.78 is 6.56. The number of carbonyl (C=O) groups excluding carboxylic acids is 2. The average molecular weight is 351 g/mol. The molecule has 0 aliphatic rings. The van der Waals surface area contributed by atoms with Gasteiger partial charge in [0.25, 0.3) is 5.91 Å². The lowest BCUT2D eigenvalue weighted by Gasteiger charge is -2.14. The van der Waals surface area contributed by atoms with Gasteiger partial charge >= 0.3 is 6.03 Å². The molecule has 0 bridgehead atoms. The van der Waals surface area contributed by atoms with E-state index in [1.165, 1.54) is 7.05 Å². The first-order chi connectivity index (χ1) is 9.99. The summed E-state index contributed by atoms with van der Waals surface area (Å²) in [6.45, 7) is 1.59. The van der Waals surface area contributed by atoms with Crippen molar-refractivity contribution in [3.05, 3.63) is 40.9 Å². The number of ether oxygens (including phenoxy) is 1. The van der Waals surface area contributed by atoms with Crippen molar-refractivity contribution >= 4 is 38.6 Å². The summed E-state index contributed by atoms with van der Waals surface area (Å²) in [5.41, 5.74) is 0. The molecule has 2 N–H and O–H groups in total. The Bertz CT molecular complexity index is 688. The first-order valence-electron chi connectivity index (χ1n) is 6.38. The van der Waals surface area contributed by atoms with E-state index >= 15 is 0 Å². The maximum atomic E-state index is 11.7. The lowest BCUT2D eigenvalue weighted by atomic mass is 10.1. The van der Waals surface area contributed by atoms with Crippen molar-refractivity contribution in [1.82, 2.24) is 10.6 Å². The van der Waals surface area contributed by atoms with Crippen LogP contribution in [0.15, 0.2) is 40.9 Å². The van der Waals surface area contributed by atoms with Crippen LogP contribution in [-0.4, -0.2) is 25.1 Å². The predicted octanol–water partition coefficient (Wildman–Crippen LogP) is 2.83. The molecule has 5 nitrogen and oxygen atoms in total. The molecule has 0 radical (unpaired) electrons. The largest absolute Gasteiger partial charge is 0.481 e. The highest BCUT2D eigenvalue weighted by atomic mass is 79.9. The third-order valence-corrected chi connectivity index (χ3v) is 3.41. The zero-order chi connectivity index (χ0) is 15.4. The topological polar surface area (TPSA) is 67.4 Å². The Labute approximate surface area is 130 Å². The zero-order valence-corrected chi connectivity index (χ0v) is 13.2. The minimum atomic E-state index is -0.768. The molecule has 0 aliphatic carbocycles. The van der Waals surface area contributed by atoms with Gasteiger partial charge in [0, 0.05) is 11.5 Å². The Hall–Kier alpha value is -2.08. The summed E-state index contributed by atoms with van der Waals surface area (Å²) in [5, 5.41) is 6.56. The number of urea groups is 1. The van der Waals surface area contributed by atoms with E-state index in [1.807, 2.05) is 30.3 Å². The monoisotopic (exact) mass is 350 g/mol. The second kappa shape index (κ2) is 6.58. The standard InChI is InChI=1S/C15H15BrN2O3/c1-9(14(19)18-15(20)17-2)21-13-6-4-10-7-12(16)5-3-11(10)8-13/h3-9H,1-2H3,(H2,17,18,19,20). The van der Waals surface area contributed by atoms with E-state index in [4.69, 9.17) is 4.74 Å². The van der Waals surface area contributed by atoms with Gasteiger partial charge in [0.2, 0.25) is 0 Å². The van der Waals surface area contributed by atoms with Gasteiger partial charge in [-0.3, -0.25) is 10.1 Å². The van der Waals surface area contributed by atoms with Crippen LogP contribution in [0.25, 0.3) is 10.8 Å². The maximum absolute atomic E-state index is 11.7. The number of rotatable bonds is 3. The maximum Gasteiger partial charge on any atom is 0.321 e. The molecule has 1 unspecified atom stereocenters. The Morgan fingerprint density at radius 1 is 1.14 bits per heavy atom. The highest BCUT2D eigenvalue weighted by molar-refractivity contribution is 9.10. The van der Waals surface area contributed by atoms with Crippen molar-refractivity contribution in [2.24, 2.45) is 0 Å². The molecule has 110 valence electrons. The number of hydrogen-bond acceptors (Lipinski definition) is 3. The van der Waals surface area contributed by atoms with Gasteiger partial charge in [0.1, 0.15) is 5.75 Å². The average Bonchev–Trinajstić information content (AvgIpc) is 2.47. The molecule has 0 saturated heterocycles. The van der Waals surface area contributed by atoms with Gasteiger partial charge < -0.3 is 10.1 Å². The number of imide groups is 1. The highest BCUT2D eigenvalue weighted by Gasteiger charge is 2.16. The van der Waals surface area contributed by atoms with E-state index in [1.54, 1.807) is 13.0 Å². The molecular weight excluding hydrogens is 336 g/mol. The van der Waals surface area contributed by atoms with Crippen molar-refractivity contribution < 1.29 is 14.3 Å². The summed E-state index contributed by atoms with van der Waals surface area (Å²) in [6.07, 6.45) is -0.768. The van der Waals surface area contributed by atoms with Gasteiger partial charge in [-0.05, 0) is 42.0 Å². The Morgan fingerprint density at radius 2 is 1.81 bits per heavy atom. The number of halogens is 1. The molecule has 0 heterocycles. The second-order valence-electron chi connectivity index (χ2n) is 4.48. The Balaban J connectivity index is 2.10. The SMILES string of the molecule is CNC(=O)NC(=O)C(C)Oc1ccc2cc(Br)ccc2c1. The van der Waals surface area contributed by atoms with E-state index in [-0.39, 0.29) is 0 Å². The molecule has 2 aromatic rings. The van der Waals surface area contributed by atoms with Crippen molar-refractivity contribution in [3.8, 4) is 5.75 Å². The summed E-state index contributed by atoms with van der Waals surface area (Å²) in [4.78, 5) is 22.8. The molecule has 2 rings (SSSR count). The summed E-state index contributed by atoms with van der Waals surface area (Å²) >= 11 is 3.42. The van der Waals surface area contributed by atoms with Gasteiger partial charge in [-0.15, -0.1) is 0 Å². The first kappa shape index (κ1) is 15.3. The fourth-order valence-corrected chi connectivity index (χ4v) is 2.18. The number of nitrogens with one attached hydrogen (secondary N) is 2. The molecule has 0 aliphatic heterocycles. The molecule has 2 aromatic carbocycles.